The fourth-order valence-electron chi connectivity index (χ4n) is 2.24. The molecule has 8 nitrogen and oxygen atoms in total. The summed E-state index contributed by atoms with van der Waals surface area (Å²) in [6.07, 6.45) is 1.83. The van der Waals surface area contributed by atoms with Crippen molar-refractivity contribution in [3.63, 3.8) is 0 Å². The van der Waals surface area contributed by atoms with Crippen LogP contribution in [0.3, 0.4) is 0 Å². The van der Waals surface area contributed by atoms with Crippen molar-refractivity contribution in [2.75, 3.05) is 19.7 Å². The van der Waals surface area contributed by atoms with Crippen molar-refractivity contribution in [1.82, 2.24) is 15.2 Å². The summed E-state index contributed by atoms with van der Waals surface area (Å²) < 4.78 is 31.3. The zero-order chi connectivity index (χ0) is 16.9. The zero-order valence-electron chi connectivity index (χ0n) is 12.7. The number of hydrogen-bond donors (Lipinski definition) is 2. The molecule has 128 valence electrons. The standard InChI is InChI=1S/C13H19N3O5S2/c1-2-21-13(18)15-14-12(17)11-10(6-9-22-11)23(19,20)16-7-4-3-5-8-16/h6,9H,2-5,7-8H2,1H3,(H,14,17)(H,15,18). The van der Waals surface area contributed by atoms with Crippen molar-refractivity contribution < 1.29 is 22.7 Å². The first kappa shape index (κ1) is 17.7. The third-order valence-corrected chi connectivity index (χ3v) is 6.31. The Labute approximate surface area is 138 Å². The van der Waals surface area contributed by atoms with Crippen LogP contribution >= 0.6 is 11.3 Å². The van der Waals surface area contributed by atoms with Crippen LogP contribution in [0.2, 0.25) is 0 Å². The fraction of sp³-hybridized carbons (Fsp3) is 0.538. The minimum absolute atomic E-state index is 0.0346. The van der Waals surface area contributed by atoms with E-state index in [4.69, 9.17) is 0 Å². The molecule has 1 aliphatic rings. The Bertz CT molecular complexity index is 665. The largest absolute Gasteiger partial charge is 0.449 e. The van der Waals surface area contributed by atoms with Gasteiger partial charge in [-0.1, -0.05) is 6.42 Å². The molecule has 1 saturated heterocycles. The number of amides is 2. The molecule has 0 bridgehead atoms. The highest BCUT2D eigenvalue weighted by atomic mass is 32.2. The molecule has 0 unspecified atom stereocenters. The number of nitrogens with one attached hydrogen (secondary N) is 2. The van der Waals surface area contributed by atoms with Gasteiger partial charge in [-0.05, 0) is 31.2 Å². The van der Waals surface area contributed by atoms with Crippen LogP contribution in [0.15, 0.2) is 16.3 Å². The summed E-state index contributed by atoms with van der Waals surface area (Å²) in [4.78, 5) is 23.3. The molecule has 0 saturated carbocycles. The molecule has 10 heteroatoms. The van der Waals surface area contributed by atoms with Crippen LogP contribution in [0.25, 0.3) is 0 Å². The van der Waals surface area contributed by atoms with E-state index in [1.807, 2.05) is 0 Å². The van der Waals surface area contributed by atoms with Gasteiger partial charge in [0.05, 0.1) is 6.61 Å². The summed E-state index contributed by atoms with van der Waals surface area (Å²) in [5.74, 6) is -0.691. The Morgan fingerprint density at radius 1 is 1.26 bits per heavy atom. The van der Waals surface area contributed by atoms with E-state index < -0.39 is 22.0 Å². The number of thiophene rings is 1. The van der Waals surface area contributed by atoms with Gasteiger partial charge in [0.25, 0.3) is 5.91 Å². The van der Waals surface area contributed by atoms with Gasteiger partial charge in [-0.15, -0.1) is 11.3 Å². The number of ether oxygens (including phenoxy) is 1. The van der Waals surface area contributed by atoms with E-state index in [2.05, 4.69) is 15.6 Å². The molecule has 1 aromatic rings. The Morgan fingerprint density at radius 3 is 2.61 bits per heavy atom. The zero-order valence-corrected chi connectivity index (χ0v) is 14.3. The summed E-state index contributed by atoms with van der Waals surface area (Å²) in [6, 6.07) is 1.41. The minimum atomic E-state index is -3.70. The highest BCUT2D eigenvalue weighted by molar-refractivity contribution is 7.89. The lowest BCUT2D eigenvalue weighted by Crippen LogP contribution is -2.42. The summed E-state index contributed by atoms with van der Waals surface area (Å²) in [5.41, 5.74) is 4.22. The molecule has 1 fully saturated rings. The third kappa shape index (κ3) is 4.21. The van der Waals surface area contributed by atoms with Crippen LogP contribution in [0.5, 0.6) is 0 Å². The molecule has 0 spiro atoms. The van der Waals surface area contributed by atoms with Gasteiger partial charge in [-0.25, -0.2) is 18.6 Å². The van der Waals surface area contributed by atoms with Crippen molar-refractivity contribution in [2.24, 2.45) is 0 Å². The molecule has 2 heterocycles. The van der Waals surface area contributed by atoms with E-state index in [9.17, 15) is 18.0 Å². The highest BCUT2D eigenvalue weighted by Crippen LogP contribution is 2.27. The van der Waals surface area contributed by atoms with Gasteiger partial charge in [0.1, 0.15) is 9.77 Å². The average molecular weight is 361 g/mol. The summed E-state index contributed by atoms with van der Waals surface area (Å²) in [5, 5.41) is 1.54. The molecule has 0 aromatic carbocycles. The lowest BCUT2D eigenvalue weighted by molar-refractivity contribution is 0.0913. The van der Waals surface area contributed by atoms with E-state index in [0.29, 0.717) is 13.1 Å². The van der Waals surface area contributed by atoms with E-state index in [1.165, 1.54) is 15.8 Å². The number of sulfonamides is 1. The number of piperidine rings is 1. The van der Waals surface area contributed by atoms with Gasteiger partial charge in [0, 0.05) is 13.1 Å². The van der Waals surface area contributed by atoms with Crippen molar-refractivity contribution >= 4 is 33.4 Å². The van der Waals surface area contributed by atoms with Gasteiger partial charge in [0.2, 0.25) is 10.0 Å². The molecular weight excluding hydrogens is 342 g/mol. The SMILES string of the molecule is CCOC(=O)NNC(=O)c1sccc1S(=O)(=O)N1CCCCC1. The Kier molecular flexibility index (Phi) is 5.97. The van der Waals surface area contributed by atoms with Gasteiger partial charge < -0.3 is 4.74 Å². The van der Waals surface area contributed by atoms with Crippen LogP contribution in [-0.2, 0) is 14.8 Å². The minimum Gasteiger partial charge on any atom is -0.449 e. The Hall–Kier alpha value is -1.65. The molecular formula is C13H19N3O5S2. The number of nitrogens with zero attached hydrogens (tertiary/aromatic N) is 1. The lowest BCUT2D eigenvalue weighted by atomic mass is 10.2. The van der Waals surface area contributed by atoms with Crippen molar-refractivity contribution in [2.45, 2.75) is 31.1 Å². The maximum atomic E-state index is 12.7. The first-order valence-electron chi connectivity index (χ1n) is 7.27. The first-order chi connectivity index (χ1) is 11.0. The van der Waals surface area contributed by atoms with Gasteiger partial charge in [-0.3, -0.25) is 10.2 Å². The van der Waals surface area contributed by atoms with Crippen LogP contribution in [-0.4, -0.2) is 44.4 Å². The van der Waals surface area contributed by atoms with Crippen LogP contribution < -0.4 is 10.9 Å². The second-order valence-corrected chi connectivity index (χ2v) is 7.70. The molecule has 2 rings (SSSR count). The van der Waals surface area contributed by atoms with E-state index in [-0.39, 0.29) is 16.4 Å². The highest BCUT2D eigenvalue weighted by Gasteiger charge is 2.31. The smallest absolute Gasteiger partial charge is 0.426 e. The second kappa shape index (κ2) is 7.75. The number of hydrazine groups is 1. The average Bonchev–Trinajstić information content (AvgIpc) is 3.04. The predicted molar refractivity (Wildman–Crippen MR) is 84.6 cm³/mol. The summed E-state index contributed by atoms with van der Waals surface area (Å²) in [6.45, 7) is 2.71. The van der Waals surface area contributed by atoms with E-state index in [0.717, 1.165) is 30.6 Å². The maximum absolute atomic E-state index is 12.7. The first-order valence-corrected chi connectivity index (χ1v) is 9.59. The summed E-state index contributed by atoms with van der Waals surface area (Å²) in [7, 11) is -3.70. The number of rotatable bonds is 4. The molecule has 2 N–H and O–H groups in total. The monoisotopic (exact) mass is 361 g/mol. The summed E-state index contributed by atoms with van der Waals surface area (Å²) >= 11 is 1.00. The van der Waals surface area contributed by atoms with Crippen molar-refractivity contribution in [3.05, 3.63) is 16.3 Å². The second-order valence-electron chi connectivity index (χ2n) is 4.88. The molecule has 2 amide bonds. The Morgan fingerprint density at radius 2 is 1.96 bits per heavy atom. The lowest BCUT2D eigenvalue weighted by Gasteiger charge is -2.25. The van der Waals surface area contributed by atoms with Crippen LogP contribution in [0.4, 0.5) is 4.79 Å². The van der Waals surface area contributed by atoms with E-state index in [1.54, 1.807) is 6.92 Å². The number of carbonyl (C=O) groups excluding carboxylic acids is 2. The third-order valence-electron chi connectivity index (χ3n) is 3.32. The number of carbonyl (C=O) groups is 2. The van der Waals surface area contributed by atoms with Crippen molar-refractivity contribution in [1.29, 1.82) is 0 Å². The Balaban J connectivity index is 2.12. The van der Waals surface area contributed by atoms with Crippen LogP contribution in [0, 0.1) is 0 Å². The molecule has 0 radical (unpaired) electrons. The van der Waals surface area contributed by atoms with E-state index >= 15 is 0 Å². The fourth-order valence-corrected chi connectivity index (χ4v) is 5.06. The molecule has 0 aliphatic carbocycles. The normalized spacial score (nSPS) is 15.9. The quantitative estimate of drug-likeness (QED) is 0.787. The van der Waals surface area contributed by atoms with Gasteiger partial charge in [-0.2, -0.15) is 4.31 Å². The van der Waals surface area contributed by atoms with Crippen LogP contribution in [0.1, 0.15) is 35.9 Å². The molecule has 1 aliphatic heterocycles. The molecule has 0 atom stereocenters. The maximum Gasteiger partial charge on any atom is 0.426 e. The predicted octanol–water partition coefficient (Wildman–Crippen LogP) is 1.31. The number of hydrogen-bond acceptors (Lipinski definition) is 6. The van der Waals surface area contributed by atoms with Crippen molar-refractivity contribution in [3.8, 4) is 0 Å². The molecule has 1 aromatic heterocycles. The van der Waals surface area contributed by atoms with Gasteiger partial charge >= 0.3 is 6.09 Å². The molecule has 23 heavy (non-hydrogen) atoms. The van der Waals surface area contributed by atoms with Gasteiger partial charge in [0.15, 0.2) is 0 Å². The topological polar surface area (TPSA) is 105 Å².